The van der Waals surface area contributed by atoms with Crippen molar-refractivity contribution in [3.63, 3.8) is 0 Å². The van der Waals surface area contributed by atoms with E-state index in [0.29, 0.717) is 6.04 Å². The van der Waals surface area contributed by atoms with Gasteiger partial charge in [0, 0.05) is 51.7 Å². The summed E-state index contributed by atoms with van der Waals surface area (Å²) in [5, 5.41) is 7.01. The molecular weight excluding hydrogens is 396 g/mol. The number of hydrogen-bond donors (Lipinski definition) is 2. The lowest BCUT2D eigenvalue weighted by Crippen LogP contribution is -2.44. The second-order valence-electron chi connectivity index (χ2n) is 8.48. The van der Waals surface area contributed by atoms with Crippen LogP contribution in [-0.4, -0.2) is 46.6 Å². The van der Waals surface area contributed by atoms with Crippen molar-refractivity contribution in [1.82, 2.24) is 25.1 Å². The lowest BCUT2D eigenvalue weighted by Gasteiger charge is -2.25. The third-order valence-corrected chi connectivity index (χ3v) is 6.18. The van der Waals surface area contributed by atoms with Crippen LogP contribution in [0, 0.1) is 6.92 Å². The van der Waals surface area contributed by atoms with Gasteiger partial charge in [-0.3, -0.25) is 9.89 Å². The van der Waals surface area contributed by atoms with Crippen molar-refractivity contribution < 1.29 is 0 Å². The fraction of sp³-hybridized carbons (Fsp3) is 0.385. The summed E-state index contributed by atoms with van der Waals surface area (Å²) in [6.45, 7) is 6.71. The molecule has 168 valence electrons. The Labute approximate surface area is 191 Å². The topological polar surface area (TPSA) is 57.5 Å². The van der Waals surface area contributed by atoms with E-state index in [1.54, 1.807) is 0 Å². The van der Waals surface area contributed by atoms with Crippen LogP contribution in [0.25, 0.3) is 0 Å². The van der Waals surface area contributed by atoms with Crippen molar-refractivity contribution in [3.05, 3.63) is 89.5 Å². The first-order chi connectivity index (χ1) is 15.7. The van der Waals surface area contributed by atoms with Gasteiger partial charge in [0.15, 0.2) is 5.96 Å². The molecule has 1 saturated heterocycles. The number of aryl methyl sites for hydroxylation is 1. The maximum atomic E-state index is 4.43. The van der Waals surface area contributed by atoms with Crippen LogP contribution in [0.1, 0.15) is 35.4 Å². The minimum Gasteiger partial charge on any atom is -0.355 e. The number of rotatable bonds is 8. The molecule has 2 aromatic carbocycles. The zero-order valence-electron chi connectivity index (χ0n) is 19.2. The Morgan fingerprint density at radius 2 is 1.84 bits per heavy atom. The van der Waals surface area contributed by atoms with Gasteiger partial charge in [-0.25, -0.2) is 4.98 Å². The Morgan fingerprint density at radius 3 is 2.62 bits per heavy atom. The number of imidazole rings is 1. The van der Waals surface area contributed by atoms with Crippen molar-refractivity contribution in [2.75, 3.05) is 20.1 Å². The molecule has 1 aromatic heterocycles. The van der Waals surface area contributed by atoms with E-state index in [2.05, 4.69) is 84.7 Å². The number of nitrogens with zero attached hydrogens (tertiary/aromatic N) is 4. The summed E-state index contributed by atoms with van der Waals surface area (Å²) in [6.07, 6.45) is 6.36. The largest absolute Gasteiger partial charge is 0.355 e. The molecule has 2 heterocycles. The summed E-state index contributed by atoms with van der Waals surface area (Å²) in [5.74, 6) is 1.89. The van der Waals surface area contributed by atoms with Crippen LogP contribution in [0.4, 0.5) is 0 Å². The van der Waals surface area contributed by atoms with Crippen molar-refractivity contribution in [2.45, 2.75) is 45.4 Å². The Balaban J connectivity index is 1.27. The van der Waals surface area contributed by atoms with Gasteiger partial charge in [-0.05, 0) is 43.0 Å². The van der Waals surface area contributed by atoms with Crippen LogP contribution >= 0.6 is 0 Å². The van der Waals surface area contributed by atoms with Crippen LogP contribution < -0.4 is 10.6 Å². The molecule has 0 bridgehead atoms. The molecule has 0 spiro atoms. The van der Waals surface area contributed by atoms with Gasteiger partial charge in [0.1, 0.15) is 5.82 Å². The van der Waals surface area contributed by atoms with Crippen LogP contribution in [0.15, 0.2) is 72.0 Å². The molecular formula is C26H34N6. The quantitative estimate of drug-likeness (QED) is 0.424. The highest BCUT2D eigenvalue weighted by Crippen LogP contribution is 2.19. The predicted molar refractivity (Wildman–Crippen MR) is 131 cm³/mol. The first-order valence-electron chi connectivity index (χ1n) is 11.5. The summed E-state index contributed by atoms with van der Waals surface area (Å²) >= 11 is 0. The molecule has 6 nitrogen and oxygen atoms in total. The lowest BCUT2D eigenvalue weighted by atomic mass is 10.1. The number of hydrogen-bond acceptors (Lipinski definition) is 3. The van der Waals surface area contributed by atoms with Crippen molar-refractivity contribution in [3.8, 4) is 0 Å². The summed E-state index contributed by atoms with van der Waals surface area (Å²) in [4.78, 5) is 11.3. The molecule has 0 amide bonds. The molecule has 1 unspecified atom stereocenters. The second-order valence-corrected chi connectivity index (χ2v) is 8.48. The molecule has 0 aliphatic carbocycles. The molecule has 1 fully saturated rings. The van der Waals surface area contributed by atoms with E-state index in [1.807, 2.05) is 26.4 Å². The highest BCUT2D eigenvalue weighted by atomic mass is 15.2. The van der Waals surface area contributed by atoms with Crippen molar-refractivity contribution in [2.24, 2.45) is 4.99 Å². The molecule has 4 rings (SSSR count). The monoisotopic (exact) mass is 430 g/mol. The van der Waals surface area contributed by atoms with Crippen molar-refractivity contribution in [1.29, 1.82) is 0 Å². The Hall–Kier alpha value is -3.12. The van der Waals surface area contributed by atoms with Crippen LogP contribution in [0.3, 0.4) is 0 Å². The smallest absolute Gasteiger partial charge is 0.191 e. The maximum absolute atomic E-state index is 4.43. The van der Waals surface area contributed by atoms with E-state index in [4.69, 9.17) is 0 Å². The molecule has 1 atom stereocenters. The first-order valence-corrected chi connectivity index (χ1v) is 11.5. The van der Waals surface area contributed by atoms with E-state index < -0.39 is 0 Å². The predicted octanol–water partition coefficient (Wildman–Crippen LogP) is 3.57. The van der Waals surface area contributed by atoms with E-state index >= 15 is 0 Å². The number of aliphatic imine (C=N–C) groups is 1. The molecule has 0 radical (unpaired) electrons. The normalized spacial score (nSPS) is 16.9. The van der Waals surface area contributed by atoms with Gasteiger partial charge >= 0.3 is 0 Å². The van der Waals surface area contributed by atoms with Crippen LogP contribution in [-0.2, 0) is 19.6 Å². The minimum absolute atomic E-state index is 0.538. The van der Waals surface area contributed by atoms with E-state index in [9.17, 15) is 0 Å². The average molecular weight is 431 g/mol. The second kappa shape index (κ2) is 11.0. The van der Waals surface area contributed by atoms with Gasteiger partial charge in [-0.2, -0.15) is 0 Å². The molecule has 0 saturated carbocycles. The van der Waals surface area contributed by atoms with Gasteiger partial charge in [0.2, 0.25) is 0 Å². The van der Waals surface area contributed by atoms with Crippen LogP contribution in [0.2, 0.25) is 0 Å². The van der Waals surface area contributed by atoms with E-state index in [-0.39, 0.29) is 0 Å². The zero-order chi connectivity index (χ0) is 22.2. The zero-order valence-corrected chi connectivity index (χ0v) is 19.2. The number of benzene rings is 2. The van der Waals surface area contributed by atoms with Crippen molar-refractivity contribution >= 4 is 5.96 Å². The highest BCUT2D eigenvalue weighted by Gasteiger charge is 2.24. The number of aromatic nitrogens is 2. The molecule has 3 aromatic rings. The third kappa shape index (κ3) is 5.98. The van der Waals surface area contributed by atoms with E-state index in [0.717, 1.165) is 44.5 Å². The first kappa shape index (κ1) is 22.1. The van der Waals surface area contributed by atoms with Gasteiger partial charge in [0.05, 0.1) is 0 Å². The molecule has 2 N–H and O–H groups in total. The van der Waals surface area contributed by atoms with Gasteiger partial charge in [0.25, 0.3) is 0 Å². The lowest BCUT2D eigenvalue weighted by molar-refractivity contribution is 0.245. The molecule has 1 aliphatic heterocycles. The number of likely N-dealkylation sites (tertiary alicyclic amines) is 1. The highest BCUT2D eigenvalue weighted by molar-refractivity contribution is 5.79. The van der Waals surface area contributed by atoms with Gasteiger partial charge in [-0.1, -0.05) is 54.6 Å². The molecule has 1 aliphatic rings. The summed E-state index contributed by atoms with van der Waals surface area (Å²) in [5.41, 5.74) is 3.90. The maximum Gasteiger partial charge on any atom is 0.191 e. The summed E-state index contributed by atoms with van der Waals surface area (Å²) in [7, 11) is 1.84. The third-order valence-electron chi connectivity index (χ3n) is 6.18. The molecule has 6 heteroatoms. The number of guanidine groups is 1. The average Bonchev–Trinajstić information content (AvgIpc) is 3.43. The van der Waals surface area contributed by atoms with Gasteiger partial charge < -0.3 is 15.2 Å². The summed E-state index contributed by atoms with van der Waals surface area (Å²) in [6, 6.07) is 20.0. The van der Waals surface area contributed by atoms with Gasteiger partial charge in [-0.15, -0.1) is 0 Å². The Kier molecular flexibility index (Phi) is 7.56. The minimum atomic E-state index is 0.538. The molecule has 32 heavy (non-hydrogen) atoms. The fourth-order valence-corrected chi connectivity index (χ4v) is 4.38. The standard InChI is InChI=1S/C26H34N6/c1-21-28-13-15-31(21)20-24-11-6-10-23(16-24)17-29-26(27-2)30-18-25-12-7-14-32(25)19-22-8-4-3-5-9-22/h3-6,8-11,13,15-16,25H,7,12,14,17-20H2,1-2H3,(H2,27,29,30). The number of nitrogens with one attached hydrogen (secondary N) is 2. The fourth-order valence-electron chi connectivity index (χ4n) is 4.38. The van der Waals surface area contributed by atoms with E-state index in [1.165, 1.54) is 29.5 Å². The Bertz CT molecular complexity index is 1010. The Morgan fingerprint density at radius 1 is 1.03 bits per heavy atom. The summed E-state index contributed by atoms with van der Waals surface area (Å²) < 4.78 is 2.16. The van der Waals surface area contributed by atoms with Crippen LogP contribution in [0.5, 0.6) is 0 Å². The SMILES string of the molecule is CN=C(NCc1cccc(Cn2ccnc2C)c1)NCC1CCCN1Cc1ccccc1.